The van der Waals surface area contributed by atoms with E-state index in [2.05, 4.69) is 16.4 Å². The predicted molar refractivity (Wildman–Crippen MR) is 108 cm³/mol. The Morgan fingerprint density at radius 2 is 1.69 bits per heavy atom. The number of fused-ring (bicyclic) bond motifs is 1. The van der Waals surface area contributed by atoms with Crippen molar-refractivity contribution in [3.05, 3.63) is 89.4 Å². The standard InChI is InChI=1S/C22H17ClN2O/c23-18-8-11-20-17(13-18)14-21(25-20)16-6-9-19(10-7-16)24-22(26)12-15-4-2-1-3-5-15/h1-11,13-14,25H,12H2,(H,24,26). The average molecular weight is 361 g/mol. The molecule has 1 aromatic heterocycles. The third kappa shape index (κ3) is 3.63. The first kappa shape index (κ1) is 16.4. The van der Waals surface area contributed by atoms with E-state index in [1.54, 1.807) is 0 Å². The van der Waals surface area contributed by atoms with Gasteiger partial charge in [-0.3, -0.25) is 4.79 Å². The summed E-state index contributed by atoms with van der Waals surface area (Å²) < 4.78 is 0. The lowest BCUT2D eigenvalue weighted by molar-refractivity contribution is -0.115. The van der Waals surface area contributed by atoms with Crippen molar-refractivity contribution in [3.63, 3.8) is 0 Å². The van der Waals surface area contributed by atoms with Gasteiger partial charge in [-0.2, -0.15) is 0 Å². The molecular weight excluding hydrogens is 344 g/mol. The van der Waals surface area contributed by atoms with E-state index in [-0.39, 0.29) is 5.91 Å². The van der Waals surface area contributed by atoms with Gasteiger partial charge in [0.15, 0.2) is 0 Å². The summed E-state index contributed by atoms with van der Waals surface area (Å²) in [6, 6.07) is 25.4. The van der Waals surface area contributed by atoms with Gasteiger partial charge in [0.05, 0.1) is 6.42 Å². The Bertz CT molecular complexity index is 1050. The van der Waals surface area contributed by atoms with E-state index in [0.717, 1.165) is 38.4 Å². The fraction of sp³-hybridized carbons (Fsp3) is 0.0455. The molecule has 0 aliphatic carbocycles. The zero-order valence-corrected chi connectivity index (χ0v) is 14.8. The summed E-state index contributed by atoms with van der Waals surface area (Å²) in [5.74, 6) is -0.0239. The molecule has 4 rings (SSSR count). The van der Waals surface area contributed by atoms with E-state index >= 15 is 0 Å². The molecule has 0 aliphatic rings. The van der Waals surface area contributed by atoms with Crippen LogP contribution in [-0.4, -0.2) is 10.9 Å². The molecule has 26 heavy (non-hydrogen) atoms. The summed E-state index contributed by atoms with van der Waals surface area (Å²) in [7, 11) is 0. The number of aromatic amines is 1. The molecule has 0 fully saturated rings. The van der Waals surface area contributed by atoms with Gasteiger partial charge < -0.3 is 10.3 Å². The van der Waals surface area contributed by atoms with E-state index in [9.17, 15) is 4.79 Å². The number of hydrogen-bond donors (Lipinski definition) is 2. The zero-order valence-electron chi connectivity index (χ0n) is 14.0. The molecule has 2 N–H and O–H groups in total. The highest BCUT2D eigenvalue weighted by Crippen LogP contribution is 2.27. The van der Waals surface area contributed by atoms with Gasteiger partial charge in [-0.05, 0) is 47.5 Å². The second-order valence-electron chi connectivity index (χ2n) is 6.20. The van der Waals surface area contributed by atoms with Crippen molar-refractivity contribution >= 4 is 34.1 Å². The summed E-state index contributed by atoms with van der Waals surface area (Å²) in [6.07, 6.45) is 0.366. The molecule has 0 bridgehead atoms. The summed E-state index contributed by atoms with van der Waals surface area (Å²) in [6.45, 7) is 0. The number of benzene rings is 3. The van der Waals surface area contributed by atoms with Crippen molar-refractivity contribution in [1.82, 2.24) is 4.98 Å². The molecule has 1 amide bonds. The Labute approximate surface area is 156 Å². The van der Waals surface area contributed by atoms with Gasteiger partial charge in [-0.1, -0.05) is 54.1 Å². The van der Waals surface area contributed by atoms with Crippen molar-refractivity contribution < 1.29 is 4.79 Å². The number of carbonyl (C=O) groups excluding carboxylic acids is 1. The molecule has 0 saturated heterocycles. The zero-order chi connectivity index (χ0) is 17.9. The minimum absolute atomic E-state index is 0.0239. The van der Waals surface area contributed by atoms with Crippen LogP contribution in [0.1, 0.15) is 5.56 Å². The SMILES string of the molecule is O=C(Cc1ccccc1)Nc1ccc(-c2cc3cc(Cl)ccc3[nH]2)cc1. The Morgan fingerprint density at radius 3 is 2.46 bits per heavy atom. The highest BCUT2D eigenvalue weighted by molar-refractivity contribution is 6.31. The maximum Gasteiger partial charge on any atom is 0.228 e. The van der Waals surface area contributed by atoms with Crippen molar-refractivity contribution in [2.75, 3.05) is 5.32 Å². The van der Waals surface area contributed by atoms with Crippen LogP contribution >= 0.6 is 11.6 Å². The van der Waals surface area contributed by atoms with Crippen LogP contribution in [0.2, 0.25) is 5.02 Å². The van der Waals surface area contributed by atoms with Crippen LogP contribution in [0, 0.1) is 0 Å². The molecule has 0 aliphatic heterocycles. The topological polar surface area (TPSA) is 44.9 Å². The van der Waals surface area contributed by atoms with Gasteiger partial charge in [0, 0.05) is 27.3 Å². The molecule has 1 heterocycles. The Kier molecular flexibility index (Phi) is 4.46. The van der Waals surface area contributed by atoms with Gasteiger partial charge in [0.2, 0.25) is 5.91 Å². The van der Waals surface area contributed by atoms with Gasteiger partial charge in [-0.15, -0.1) is 0 Å². The molecule has 0 unspecified atom stereocenters. The van der Waals surface area contributed by atoms with Crippen molar-refractivity contribution in [2.24, 2.45) is 0 Å². The maximum absolute atomic E-state index is 12.2. The van der Waals surface area contributed by atoms with Gasteiger partial charge in [0.25, 0.3) is 0 Å². The lowest BCUT2D eigenvalue weighted by Crippen LogP contribution is -2.14. The Morgan fingerprint density at radius 1 is 0.923 bits per heavy atom. The molecule has 3 nitrogen and oxygen atoms in total. The minimum Gasteiger partial charge on any atom is -0.355 e. The Balaban J connectivity index is 1.48. The molecule has 0 atom stereocenters. The highest BCUT2D eigenvalue weighted by atomic mass is 35.5. The van der Waals surface area contributed by atoms with E-state index in [1.165, 1.54) is 0 Å². The molecular formula is C22H17ClN2O. The summed E-state index contributed by atoms with van der Waals surface area (Å²) in [5.41, 5.74) is 4.90. The van der Waals surface area contributed by atoms with E-state index in [0.29, 0.717) is 6.42 Å². The van der Waals surface area contributed by atoms with Crippen LogP contribution in [-0.2, 0) is 11.2 Å². The van der Waals surface area contributed by atoms with Crippen molar-refractivity contribution in [3.8, 4) is 11.3 Å². The first-order valence-corrected chi connectivity index (χ1v) is 8.78. The van der Waals surface area contributed by atoms with Gasteiger partial charge in [-0.25, -0.2) is 0 Å². The number of H-pyrrole nitrogens is 1. The molecule has 4 heteroatoms. The van der Waals surface area contributed by atoms with E-state index in [4.69, 9.17) is 11.6 Å². The molecule has 128 valence electrons. The average Bonchev–Trinajstić information content (AvgIpc) is 3.06. The monoisotopic (exact) mass is 360 g/mol. The third-order valence-electron chi connectivity index (χ3n) is 4.27. The normalized spacial score (nSPS) is 10.8. The van der Waals surface area contributed by atoms with Crippen LogP contribution in [0.25, 0.3) is 22.2 Å². The lowest BCUT2D eigenvalue weighted by Gasteiger charge is -2.06. The third-order valence-corrected chi connectivity index (χ3v) is 4.51. The second-order valence-corrected chi connectivity index (χ2v) is 6.64. The quantitative estimate of drug-likeness (QED) is 0.484. The maximum atomic E-state index is 12.2. The number of rotatable bonds is 4. The summed E-state index contributed by atoms with van der Waals surface area (Å²) >= 11 is 6.05. The number of aromatic nitrogens is 1. The van der Waals surface area contributed by atoms with Crippen LogP contribution in [0.4, 0.5) is 5.69 Å². The first-order chi connectivity index (χ1) is 12.7. The fourth-order valence-corrected chi connectivity index (χ4v) is 3.16. The summed E-state index contributed by atoms with van der Waals surface area (Å²) in [4.78, 5) is 15.5. The summed E-state index contributed by atoms with van der Waals surface area (Å²) in [5, 5.41) is 4.73. The van der Waals surface area contributed by atoms with Gasteiger partial charge >= 0.3 is 0 Å². The van der Waals surface area contributed by atoms with Gasteiger partial charge in [0.1, 0.15) is 0 Å². The van der Waals surface area contributed by atoms with Crippen molar-refractivity contribution in [2.45, 2.75) is 6.42 Å². The van der Waals surface area contributed by atoms with Crippen LogP contribution < -0.4 is 5.32 Å². The molecule has 0 saturated carbocycles. The minimum atomic E-state index is -0.0239. The number of carbonyl (C=O) groups is 1. The van der Waals surface area contributed by atoms with Crippen LogP contribution in [0.3, 0.4) is 0 Å². The predicted octanol–water partition coefficient (Wildman–Crippen LogP) is 5.67. The molecule has 4 aromatic rings. The largest absolute Gasteiger partial charge is 0.355 e. The van der Waals surface area contributed by atoms with E-state index < -0.39 is 0 Å². The number of hydrogen-bond acceptors (Lipinski definition) is 1. The number of halogens is 1. The number of amides is 1. The second kappa shape index (κ2) is 7.06. The molecule has 3 aromatic carbocycles. The molecule has 0 spiro atoms. The first-order valence-electron chi connectivity index (χ1n) is 8.40. The number of nitrogens with one attached hydrogen (secondary N) is 2. The lowest BCUT2D eigenvalue weighted by atomic mass is 10.1. The fourth-order valence-electron chi connectivity index (χ4n) is 2.98. The number of anilines is 1. The highest BCUT2D eigenvalue weighted by Gasteiger charge is 2.06. The van der Waals surface area contributed by atoms with Crippen LogP contribution in [0.5, 0.6) is 0 Å². The smallest absolute Gasteiger partial charge is 0.228 e. The Hall–Kier alpha value is -3.04. The van der Waals surface area contributed by atoms with Crippen molar-refractivity contribution in [1.29, 1.82) is 0 Å². The van der Waals surface area contributed by atoms with Crippen LogP contribution in [0.15, 0.2) is 78.9 Å². The van der Waals surface area contributed by atoms with E-state index in [1.807, 2.05) is 72.8 Å². The molecule has 0 radical (unpaired) electrons.